The highest BCUT2D eigenvalue weighted by molar-refractivity contribution is 5.60. The molecule has 0 aromatic carbocycles. The van der Waals surface area contributed by atoms with Crippen LogP contribution in [0.5, 0.6) is 0 Å². The lowest BCUT2D eigenvalue weighted by atomic mass is 9.87. The van der Waals surface area contributed by atoms with Gasteiger partial charge >= 0.3 is 6.16 Å². The van der Waals surface area contributed by atoms with Gasteiger partial charge in [0.25, 0.3) is 0 Å². The number of cyclic esters (lactones) is 1. The number of hydrogen-bond acceptors (Lipinski definition) is 3. The number of fused-ring (bicyclic) bond motifs is 1. The normalized spacial score (nSPS) is 36.9. The van der Waals surface area contributed by atoms with Crippen LogP contribution in [0.2, 0.25) is 0 Å². The molecule has 2 unspecified atom stereocenters. The first kappa shape index (κ1) is 6.95. The number of carbonyl (C=O) groups excluding carboxylic acids is 1. The van der Waals surface area contributed by atoms with Gasteiger partial charge in [-0.15, -0.1) is 0 Å². The van der Waals surface area contributed by atoms with Crippen molar-refractivity contribution in [2.45, 2.75) is 31.8 Å². The van der Waals surface area contributed by atoms with E-state index in [2.05, 4.69) is 0 Å². The summed E-state index contributed by atoms with van der Waals surface area (Å²) in [5.74, 6) is 0.474. The molecule has 0 amide bonds. The fraction of sp³-hybridized carbons (Fsp3) is 0.875. The summed E-state index contributed by atoms with van der Waals surface area (Å²) in [6.07, 6.45) is 4.30. The molecule has 1 aliphatic carbocycles. The maximum absolute atomic E-state index is 10.7. The van der Waals surface area contributed by atoms with Crippen molar-refractivity contribution >= 4 is 6.16 Å². The fourth-order valence-corrected chi connectivity index (χ4v) is 1.85. The lowest BCUT2D eigenvalue weighted by molar-refractivity contribution is -0.0733. The molecule has 3 heteroatoms. The van der Waals surface area contributed by atoms with Gasteiger partial charge in [-0.25, -0.2) is 4.79 Å². The summed E-state index contributed by atoms with van der Waals surface area (Å²) in [6.45, 7) is 0.573. The molecular weight excluding hydrogens is 144 g/mol. The number of ether oxygens (including phenoxy) is 2. The van der Waals surface area contributed by atoms with Gasteiger partial charge in [-0.3, -0.25) is 0 Å². The molecule has 0 aromatic heterocycles. The van der Waals surface area contributed by atoms with Crippen LogP contribution in [0.4, 0.5) is 4.79 Å². The van der Waals surface area contributed by atoms with Crippen molar-refractivity contribution in [3.63, 3.8) is 0 Å². The lowest BCUT2D eigenvalue weighted by Gasteiger charge is -2.33. The highest BCUT2D eigenvalue weighted by Gasteiger charge is 2.33. The number of rotatable bonds is 0. The van der Waals surface area contributed by atoms with E-state index in [1.54, 1.807) is 0 Å². The second-order valence-corrected chi connectivity index (χ2v) is 3.26. The molecule has 11 heavy (non-hydrogen) atoms. The molecule has 62 valence electrons. The Morgan fingerprint density at radius 1 is 1.27 bits per heavy atom. The fourth-order valence-electron chi connectivity index (χ4n) is 1.85. The first-order chi connectivity index (χ1) is 5.36. The summed E-state index contributed by atoms with van der Waals surface area (Å²) in [7, 11) is 0. The molecule has 3 nitrogen and oxygen atoms in total. The highest BCUT2D eigenvalue weighted by Crippen LogP contribution is 2.29. The Bertz CT molecular complexity index is 167. The smallest absolute Gasteiger partial charge is 0.434 e. The standard InChI is InChI=1S/C8H12O3/c9-8-10-5-6-3-1-2-4-7(6)11-8/h6-7H,1-5H2. The zero-order valence-corrected chi connectivity index (χ0v) is 6.41. The van der Waals surface area contributed by atoms with Crippen molar-refractivity contribution in [3.05, 3.63) is 0 Å². The van der Waals surface area contributed by atoms with Crippen molar-refractivity contribution in [3.8, 4) is 0 Å². The Labute approximate surface area is 65.7 Å². The Hall–Kier alpha value is -0.730. The molecular formula is C8H12O3. The summed E-state index contributed by atoms with van der Waals surface area (Å²) in [5.41, 5.74) is 0. The third-order valence-electron chi connectivity index (χ3n) is 2.50. The van der Waals surface area contributed by atoms with Crippen LogP contribution in [0.15, 0.2) is 0 Å². The van der Waals surface area contributed by atoms with Crippen molar-refractivity contribution < 1.29 is 14.3 Å². The third-order valence-corrected chi connectivity index (χ3v) is 2.50. The summed E-state index contributed by atoms with van der Waals surface area (Å²) < 4.78 is 9.82. The second kappa shape index (κ2) is 2.72. The summed E-state index contributed by atoms with van der Waals surface area (Å²) in [4.78, 5) is 10.7. The second-order valence-electron chi connectivity index (χ2n) is 3.26. The number of carbonyl (C=O) groups is 1. The molecule has 0 N–H and O–H groups in total. The Morgan fingerprint density at radius 3 is 3.00 bits per heavy atom. The van der Waals surface area contributed by atoms with E-state index in [1.807, 2.05) is 0 Å². The van der Waals surface area contributed by atoms with Crippen LogP contribution < -0.4 is 0 Å². The monoisotopic (exact) mass is 156 g/mol. The summed E-state index contributed by atoms with van der Waals surface area (Å²) in [5, 5.41) is 0. The Morgan fingerprint density at radius 2 is 2.09 bits per heavy atom. The van der Waals surface area contributed by atoms with Crippen molar-refractivity contribution in [2.24, 2.45) is 5.92 Å². The largest absolute Gasteiger partial charge is 0.508 e. The van der Waals surface area contributed by atoms with Gasteiger partial charge in [-0.05, 0) is 19.3 Å². The van der Waals surface area contributed by atoms with Gasteiger partial charge in [-0.2, -0.15) is 0 Å². The van der Waals surface area contributed by atoms with Gasteiger partial charge in [0.15, 0.2) is 0 Å². The van der Waals surface area contributed by atoms with Crippen molar-refractivity contribution in [1.29, 1.82) is 0 Å². The van der Waals surface area contributed by atoms with E-state index in [9.17, 15) is 4.79 Å². The SMILES string of the molecule is O=C1OCC2CCCCC2O1. The molecule has 2 fully saturated rings. The van der Waals surface area contributed by atoms with Gasteiger partial charge in [0.05, 0.1) is 0 Å². The van der Waals surface area contributed by atoms with E-state index in [0.29, 0.717) is 12.5 Å². The lowest BCUT2D eigenvalue weighted by Crippen LogP contribution is -2.38. The van der Waals surface area contributed by atoms with Crippen LogP contribution >= 0.6 is 0 Å². The topological polar surface area (TPSA) is 35.5 Å². The van der Waals surface area contributed by atoms with E-state index in [1.165, 1.54) is 12.8 Å². The molecule has 0 radical (unpaired) electrons. The molecule has 1 aliphatic heterocycles. The molecule has 2 atom stereocenters. The first-order valence-electron chi connectivity index (χ1n) is 4.19. The third kappa shape index (κ3) is 1.32. The quantitative estimate of drug-likeness (QED) is 0.501. The van der Waals surface area contributed by atoms with Gasteiger partial charge in [0.2, 0.25) is 0 Å². The molecule has 0 spiro atoms. The minimum atomic E-state index is -0.479. The molecule has 2 rings (SSSR count). The van der Waals surface area contributed by atoms with E-state index < -0.39 is 6.16 Å². The Kier molecular flexibility index (Phi) is 1.72. The minimum absolute atomic E-state index is 0.157. The van der Waals surface area contributed by atoms with Crippen LogP contribution in [0.3, 0.4) is 0 Å². The maximum atomic E-state index is 10.7. The van der Waals surface area contributed by atoms with Crippen molar-refractivity contribution in [2.75, 3.05) is 6.61 Å². The van der Waals surface area contributed by atoms with Crippen LogP contribution in [-0.4, -0.2) is 18.9 Å². The van der Waals surface area contributed by atoms with Crippen LogP contribution in [-0.2, 0) is 9.47 Å². The van der Waals surface area contributed by atoms with Crippen LogP contribution in [0.1, 0.15) is 25.7 Å². The van der Waals surface area contributed by atoms with E-state index >= 15 is 0 Å². The minimum Gasteiger partial charge on any atom is -0.434 e. The predicted octanol–water partition coefficient (Wildman–Crippen LogP) is 1.71. The maximum Gasteiger partial charge on any atom is 0.508 e. The zero-order chi connectivity index (χ0) is 7.68. The van der Waals surface area contributed by atoms with Crippen LogP contribution in [0, 0.1) is 5.92 Å². The molecule has 2 aliphatic rings. The van der Waals surface area contributed by atoms with E-state index in [-0.39, 0.29) is 6.10 Å². The van der Waals surface area contributed by atoms with E-state index in [4.69, 9.17) is 9.47 Å². The molecule has 1 saturated heterocycles. The van der Waals surface area contributed by atoms with Gasteiger partial charge in [0, 0.05) is 5.92 Å². The molecule has 1 saturated carbocycles. The van der Waals surface area contributed by atoms with Crippen molar-refractivity contribution in [1.82, 2.24) is 0 Å². The molecule has 0 bridgehead atoms. The van der Waals surface area contributed by atoms with Crippen LogP contribution in [0.25, 0.3) is 0 Å². The Balaban J connectivity index is 1.98. The predicted molar refractivity (Wildman–Crippen MR) is 38.2 cm³/mol. The zero-order valence-electron chi connectivity index (χ0n) is 6.41. The first-order valence-corrected chi connectivity index (χ1v) is 4.19. The van der Waals surface area contributed by atoms with Gasteiger partial charge in [0.1, 0.15) is 12.7 Å². The average Bonchev–Trinajstić information content (AvgIpc) is 2.04. The molecule has 0 aromatic rings. The van der Waals surface area contributed by atoms with Gasteiger partial charge < -0.3 is 9.47 Å². The molecule has 1 heterocycles. The van der Waals surface area contributed by atoms with Gasteiger partial charge in [-0.1, -0.05) is 6.42 Å². The van der Waals surface area contributed by atoms with E-state index in [0.717, 1.165) is 12.8 Å². The average molecular weight is 156 g/mol. The summed E-state index contributed by atoms with van der Waals surface area (Å²) in [6, 6.07) is 0. The highest BCUT2D eigenvalue weighted by atomic mass is 16.7. The summed E-state index contributed by atoms with van der Waals surface area (Å²) >= 11 is 0. The number of hydrogen-bond donors (Lipinski definition) is 0.